The van der Waals surface area contributed by atoms with Gasteiger partial charge in [0.2, 0.25) is 5.91 Å². The van der Waals surface area contributed by atoms with E-state index in [0.717, 1.165) is 25.9 Å². The normalized spacial score (nSPS) is 26.7. The third-order valence-electron chi connectivity index (χ3n) is 7.10. The predicted molar refractivity (Wildman–Crippen MR) is 126 cm³/mol. The minimum Gasteiger partial charge on any atom is -0.464 e. The Morgan fingerprint density at radius 3 is 2.85 bits per heavy atom. The summed E-state index contributed by atoms with van der Waals surface area (Å²) < 4.78 is 14.0. The summed E-state index contributed by atoms with van der Waals surface area (Å²) in [4.78, 5) is 27.8. The third-order valence-corrected chi connectivity index (χ3v) is 7.10. The number of cyclic esters (lactones) is 1. The Balaban J connectivity index is 1.43. The highest BCUT2D eigenvalue weighted by atomic mass is 16.5. The van der Waals surface area contributed by atoms with Gasteiger partial charge in [-0.25, -0.2) is 5.43 Å². The molecule has 2 atom stereocenters. The number of fused-ring (bicyclic) bond motifs is 6. The lowest BCUT2D eigenvalue weighted by Gasteiger charge is -2.47. The van der Waals surface area contributed by atoms with Crippen molar-refractivity contribution in [3.63, 3.8) is 0 Å². The van der Waals surface area contributed by atoms with E-state index in [0.29, 0.717) is 39.0 Å². The summed E-state index contributed by atoms with van der Waals surface area (Å²) in [5.74, 6) is -0.269. The quantitative estimate of drug-likeness (QED) is 0.617. The molecular weight excluding hydrogens is 420 g/mol. The van der Waals surface area contributed by atoms with Crippen LogP contribution in [-0.2, 0) is 25.6 Å². The molecule has 1 aromatic heterocycles. The zero-order chi connectivity index (χ0) is 23.0. The lowest BCUT2D eigenvalue weighted by atomic mass is 9.97. The van der Waals surface area contributed by atoms with Gasteiger partial charge in [0.25, 0.3) is 0 Å². The molecule has 1 aromatic carbocycles. The number of benzene rings is 1. The summed E-state index contributed by atoms with van der Waals surface area (Å²) in [5, 5.41) is 2.80. The first kappa shape index (κ1) is 22.2. The number of anilines is 1. The second-order valence-corrected chi connectivity index (χ2v) is 10.0. The first-order valence-corrected chi connectivity index (χ1v) is 12.1. The van der Waals surface area contributed by atoms with E-state index in [-0.39, 0.29) is 23.5 Å². The van der Waals surface area contributed by atoms with Crippen molar-refractivity contribution in [2.75, 3.05) is 31.2 Å². The summed E-state index contributed by atoms with van der Waals surface area (Å²) in [6, 6.07) is 8.27. The average Bonchev–Trinajstić information content (AvgIpc) is 3.22. The van der Waals surface area contributed by atoms with Crippen LogP contribution in [0.15, 0.2) is 30.5 Å². The molecule has 3 aliphatic heterocycles. The lowest BCUT2D eigenvalue weighted by Crippen LogP contribution is -2.57. The average molecular weight is 455 g/mol. The van der Waals surface area contributed by atoms with Crippen LogP contribution < -0.4 is 10.3 Å². The van der Waals surface area contributed by atoms with Crippen molar-refractivity contribution in [2.24, 2.45) is 0 Å². The lowest BCUT2D eigenvalue weighted by molar-refractivity contribution is -0.152. The summed E-state index contributed by atoms with van der Waals surface area (Å²) >= 11 is 0. The van der Waals surface area contributed by atoms with Crippen LogP contribution in [0.2, 0.25) is 0 Å². The summed E-state index contributed by atoms with van der Waals surface area (Å²) in [5.41, 5.74) is 5.30. The molecule has 0 spiro atoms. The monoisotopic (exact) mass is 454 g/mol. The molecule has 33 heavy (non-hydrogen) atoms. The number of rotatable bonds is 0. The number of nitrogens with zero attached hydrogens (tertiary/aromatic N) is 3. The van der Waals surface area contributed by atoms with Gasteiger partial charge in [0.05, 0.1) is 30.4 Å². The second-order valence-electron chi connectivity index (χ2n) is 10.0. The maximum Gasteiger partial charge on any atom is 0.324 e. The second kappa shape index (κ2) is 8.99. The van der Waals surface area contributed by atoms with E-state index < -0.39 is 6.04 Å². The number of morpholine rings is 1. The van der Waals surface area contributed by atoms with Crippen LogP contribution in [0.1, 0.15) is 46.0 Å². The van der Waals surface area contributed by atoms with E-state index in [1.54, 1.807) is 5.01 Å². The van der Waals surface area contributed by atoms with Gasteiger partial charge in [-0.05, 0) is 63.1 Å². The smallest absolute Gasteiger partial charge is 0.324 e. The largest absolute Gasteiger partial charge is 0.464 e. The minimum atomic E-state index is -0.459. The van der Waals surface area contributed by atoms with Gasteiger partial charge >= 0.3 is 5.97 Å². The highest BCUT2D eigenvalue weighted by molar-refractivity contribution is 5.84. The van der Waals surface area contributed by atoms with Crippen molar-refractivity contribution < 1.29 is 19.1 Å². The summed E-state index contributed by atoms with van der Waals surface area (Å²) in [7, 11) is 0. The molecule has 0 saturated carbocycles. The van der Waals surface area contributed by atoms with Crippen LogP contribution >= 0.6 is 0 Å². The summed E-state index contributed by atoms with van der Waals surface area (Å²) in [6.07, 6.45) is 5.33. The van der Waals surface area contributed by atoms with Crippen LogP contribution in [0.4, 0.5) is 5.69 Å². The number of amides is 1. The molecule has 2 unspecified atom stereocenters. The predicted octanol–water partition coefficient (Wildman–Crippen LogP) is 2.85. The molecule has 2 saturated heterocycles. The van der Waals surface area contributed by atoms with Gasteiger partial charge in [0.15, 0.2) is 0 Å². The molecule has 0 radical (unpaired) electrons. The van der Waals surface area contributed by atoms with Crippen molar-refractivity contribution in [1.29, 1.82) is 0 Å². The molecule has 5 rings (SSSR count). The number of aryl methyl sites for hydroxylation is 1. The first-order chi connectivity index (χ1) is 15.9. The number of carbonyl (C=O) groups excluding carboxylic acids is 2. The number of carbonyl (C=O) groups is 2. The number of aromatic nitrogens is 1. The van der Waals surface area contributed by atoms with Gasteiger partial charge < -0.3 is 18.9 Å². The van der Waals surface area contributed by atoms with Gasteiger partial charge in [-0.15, -0.1) is 0 Å². The highest BCUT2D eigenvalue weighted by Gasteiger charge is 2.36. The molecule has 178 valence electrons. The molecule has 3 aliphatic rings. The SMILES string of the molecule is CC1(C)COC2CCC(=O)N3CCCC(N3)C(=O)OCCCn3ccc4ccc(cc43)N1C2. The van der Waals surface area contributed by atoms with E-state index in [4.69, 9.17) is 9.47 Å². The molecule has 2 fully saturated rings. The Morgan fingerprint density at radius 1 is 1.09 bits per heavy atom. The van der Waals surface area contributed by atoms with Crippen LogP contribution in [0.5, 0.6) is 0 Å². The van der Waals surface area contributed by atoms with E-state index in [1.165, 1.54) is 16.6 Å². The zero-order valence-electron chi connectivity index (χ0n) is 19.6. The van der Waals surface area contributed by atoms with E-state index in [9.17, 15) is 9.59 Å². The fourth-order valence-electron chi connectivity index (χ4n) is 5.13. The van der Waals surface area contributed by atoms with Crippen LogP contribution in [0.25, 0.3) is 10.9 Å². The van der Waals surface area contributed by atoms with E-state index >= 15 is 0 Å². The maximum atomic E-state index is 12.9. The number of hydrogen-bond donors (Lipinski definition) is 1. The Bertz CT molecular complexity index is 1030. The third kappa shape index (κ3) is 4.59. The molecule has 2 aromatic rings. The molecule has 1 amide bonds. The number of hydrazine groups is 1. The van der Waals surface area contributed by atoms with Gasteiger partial charge in [0.1, 0.15) is 6.04 Å². The Hall–Kier alpha value is -2.58. The number of nitrogens with one attached hydrogen (secondary N) is 1. The molecule has 6 bridgehead atoms. The molecule has 1 N–H and O–H groups in total. The Morgan fingerprint density at radius 2 is 1.97 bits per heavy atom. The number of hydrogen-bond acceptors (Lipinski definition) is 6. The highest BCUT2D eigenvalue weighted by Crippen LogP contribution is 2.32. The number of ether oxygens (including phenoxy) is 2. The van der Waals surface area contributed by atoms with Crippen molar-refractivity contribution in [3.8, 4) is 0 Å². The standard InChI is InChI=1S/C25H34N4O4/c1-25(2)17-33-20-8-9-23(30)29-12-3-5-21(26-29)24(31)32-14-4-11-27-13-10-18-6-7-19(15-22(18)27)28(25)16-20/h6-7,10,13,15,20-21,26H,3-5,8-9,11-12,14,16-17H2,1-2H3. The number of esters is 1. The summed E-state index contributed by atoms with van der Waals surface area (Å²) in [6.45, 7) is 7.52. The molecule has 8 nitrogen and oxygen atoms in total. The Labute approximate surface area is 194 Å². The maximum absolute atomic E-state index is 12.9. The van der Waals surface area contributed by atoms with Crippen LogP contribution in [0.3, 0.4) is 0 Å². The Kier molecular flexibility index (Phi) is 6.05. The zero-order valence-corrected chi connectivity index (χ0v) is 19.6. The topological polar surface area (TPSA) is 76.0 Å². The molecule has 4 heterocycles. The fourth-order valence-corrected chi connectivity index (χ4v) is 5.13. The van der Waals surface area contributed by atoms with E-state index in [2.05, 4.69) is 59.2 Å². The minimum absolute atomic E-state index is 0.00727. The van der Waals surface area contributed by atoms with Crippen molar-refractivity contribution in [1.82, 2.24) is 15.0 Å². The van der Waals surface area contributed by atoms with Crippen LogP contribution in [-0.4, -0.2) is 65.4 Å². The van der Waals surface area contributed by atoms with Crippen LogP contribution in [0, 0.1) is 0 Å². The van der Waals surface area contributed by atoms with Crippen molar-refractivity contribution >= 4 is 28.5 Å². The van der Waals surface area contributed by atoms with Crippen molar-refractivity contribution in [2.45, 2.75) is 70.2 Å². The van der Waals surface area contributed by atoms with Gasteiger partial charge in [-0.1, -0.05) is 6.07 Å². The van der Waals surface area contributed by atoms with Gasteiger partial charge in [-0.3, -0.25) is 14.6 Å². The first-order valence-electron chi connectivity index (χ1n) is 12.1. The van der Waals surface area contributed by atoms with Gasteiger partial charge in [0, 0.05) is 37.9 Å². The molecule has 8 heteroatoms. The van der Waals surface area contributed by atoms with Crippen molar-refractivity contribution in [3.05, 3.63) is 30.5 Å². The van der Waals surface area contributed by atoms with Gasteiger partial charge in [-0.2, -0.15) is 0 Å². The molecular formula is C25H34N4O4. The molecule has 0 aliphatic carbocycles. The fraction of sp³-hybridized carbons (Fsp3) is 0.600. The van der Waals surface area contributed by atoms with E-state index in [1.807, 2.05) is 0 Å².